The van der Waals surface area contributed by atoms with Crippen LogP contribution in [0.15, 0.2) is 0 Å². The van der Waals surface area contributed by atoms with Crippen molar-refractivity contribution >= 4 is 24.2 Å². The molecule has 1 unspecified atom stereocenters. The average molecular weight is 278 g/mol. The Morgan fingerprint density at radius 1 is 1.17 bits per heavy atom. The van der Waals surface area contributed by atoms with Crippen LogP contribution in [-0.2, 0) is 14.3 Å². The number of nitrogens with one attached hydrogen (secondary N) is 3. The lowest BCUT2D eigenvalue weighted by molar-refractivity contribution is -0.126. The molecule has 1 aliphatic heterocycles. The van der Waals surface area contributed by atoms with Gasteiger partial charge in [0.2, 0.25) is 11.8 Å². The first-order valence-corrected chi connectivity index (χ1v) is 6.14. The van der Waals surface area contributed by atoms with Crippen LogP contribution in [-0.4, -0.2) is 50.7 Å². The van der Waals surface area contributed by atoms with E-state index in [4.69, 9.17) is 4.74 Å². The molecular weight excluding hydrogens is 258 g/mol. The SMILES string of the molecule is Cl.O=C(NCCNC(=O)C1COCCN1)C1CC1. The van der Waals surface area contributed by atoms with Crippen LogP contribution in [0.3, 0.4) is 0 Å². The van der Waals surface area contributed by atoms with Crippen LogP contribution < -0.4 is 16.0 Å². The van der Waals surface area contributed by atoms with Crippen molar-refractivity contribution in [2.75, 3.05) is 32.8 Å². The van der Waals surface area contributed by atoms with Gasteiger partial charge in [-0.05, 0) is 12.8 Å². The molecule has 0 radical (unpaired) electrons. The molecule has 0 bridgehead atoms. The second-order valence-corrected chi connectivity index (χ2v) is 4.44. The highest BCUT2D eigenvalue weighted by Crippen LogP contribution is 2.28. The van der Waals surface area contributed by atoms with Crippen molar-refractivity contribution in [3.05, 3.63) is 0 Å². The van der Waals surface area contributed by atoms with Crippen LogP contribution in [0.1, 0.15) is 12.8 Å². The Kier molecular flexibility index (Phi) is 6.38. The molecule has 1 aliphatic carbocycles. The number of hydrogen-bond donors (Lipinski definition) is 3. The minimum Gasteiger partial charge on any atom is -0.378 e. The van der Waals surface area contributed by atoms with Gasteiger partial charge in [-0.25, -0.2) is 0 Å². The second-order valence-electron chi connectivity index (χ2n) is 4.44. The summed E-state index contributed by atoms with van der Waals surface area (Å²) in [6.07, 6.45) is 2.00. The molecule has 2 rings (SSSR count). The van der Waals surface area contributed by atoms with Crippen LogP contribution in [0.25, 0.3) is 0 Å². The molecule has 0 aromatic carbocycles. The predicted octanol–water partition coefficient (Wildman–Crippen LogP) is -0.961. The van der Waals surface area contributed by atoms with E-state index in [0.29, 0.717) is 32.8 Å². The lowest BCUT2D eigenvalue weighted by Crippen LogP contribution is -2.52. The van der Waals surface area contributed by atoms with Gasteiger partial charge in [0.15, 0.2) is 0 Å². The van der Waals surface area contributed by atoms with Crippen LogP contribution in [0.4, 0.5) is 0 Å². The van der Waals surface area contributed by atoms with Crippen molar-refractivity contribution in [1.29, 1.82) is 0 Å². The summed E-state index contributed by atoms with van der Waals surface area (Å²) in [5, 5.41) is 8.64. The van der Waals surface area contributed by atoms with Gasteiger partial charge in [0.1, 0.15) is 6.04 Å². The fraction of sp³-hybridized carbons (Fsp3) is 0.818. The van der Waals surface area contributed by atoms with Gasteiger partial charge in [-0.2, -0.15) is 0 Å². The molecule has 1 saturated carbocycles. The van der Waals surface area contributed by atoms with E-state index in [1.165, 1.54) is 0 Å². The van der Waals surface area contributed by atoms with E-state index >= 15 is 0 Å². The van der Waals surface area contributed by atoms with Crippen molar-refractivity contribution in [3.63, 3.8) is 0 Å². The average Bonchev–Trinajstić information content (AvgIpc) is 3.19. The highest BCUT2D eigenvalue weighted by atomic mass is 35.5. The summed E-state index contributed by atoms with van der Waals surface area (Å²) in [6.45, 7) is 2.74. The Hall–Kier alpha value is -0.850. The minimum absolute atomic E-state index is 0. The number of morpholine rings is 1. The second kappa shape index (κ2) is 7.56. The summed E-state index contributed by atoms with van der Waals surface area (Å²) in [7, 11) is 0. The summed E-state index contributed by atoms with van der Waals surface area (Å²) in [5.41, 5.74) is 0. The predicted molar refractivity (Wildman–Crippen MR) is 68.6 cm³/mol. The quantitative estimate of drug-likeness (QED) is 0.566. The van der Waals surface area contributed by atoms with Crippen LogP contribution >= 0.6 is 12.4 Å². The highest BCUT2D eigenvalue weighted by Gasteiger charge is 2.29. The third-order valence-electron chi connectivity index (χ3n) is 2.91. The molecule has 0 spiro atoms. The molecule has 0 aromatic rings. The Balaban J connectivity index is 0.00000162. The maximum atomic E-state index is 11.6. The highest BCUT2D eigenvalue weighted by molar-refractivity contribution is 5.85. The smallest absolute Gasteiger partial charge is 0.239 e. The van der Waals surface area contributed by atoms with Gasteiger partial charge in [-0.15, -0.1) is 12.4 Å². The molecule has 1 atom stereocenters. The van der Waals surface area contributed by atoms with Gasteiger partial charge in [-0.1, -0.05) is 0 Å². The van der Waals surface area contributed by atoms with Crippen molar-refractivity contribution < 1.29 is 14.3 Å². The molecular formula is C11H20ClN3O3. The monoisotopic (exact) mass is 277 g/mol. The summed E-state index contributed by atoms with van der Waals surface area (Å²) >= 11 is 0. The number of ether oxygens (including phenoxy) is 1. The summed E-state index contributed by atoms with van der Waals surface area (Å²) in [5.74, 6) is 0.267. The fourth-order valence-electron chi connectivity index (χ4n) is 1.72. The first-order chi connectivity index (χ1) is 8.27. The van der Waals surface area contributed by atoms with Crippen LogP contribution in [0.5, 0.6) is 0 Å². The summed E-state index contributed by atoms with van der Waals surface area (Å²) < 4.78 is 5.19. The van der Waals surface area contributed by atoms with Gasteiger partial charge < -0.3 is 20.7 Å². The first-order valence-electron chi connectivity index (χ1n) is 6.14. The van der Waals surface area contributed by atoms with Gasteiger partial charge in [-0.3, -0.25) is 9.59 Å². The molecule has 0 aromatic heterocycles. The molecule has 7 heteroatoms. The largest absolute Gasteiger partial charge is 0.378 e. The maximum absolute atomic E-state index is 11.6. The molecule has 104 valence electrons. The maximum Gasteiger partial charge on any atom is 0.239 e. The number of amides is 2. The third kappa shape index (κ3) is 4.80. The molecule has 6 nitrogen and oxygen atoms in total. The van der Waals surface area contributed by atoms with Gasteiger partial charge in [0, 0.05) is 25.6 Å². The van der Waals surface area contributed by atoms with Gasteiger partial charge >= 0.3 is 0 Å². The zero-order valence-electron chi connectivity index (χ0n) is 10.2. The minimum atomic E-state index is -0.261. The van der Waals surface area contributed by atoms with Gasteiger partial charge in [0.05, 0.1) is 13.2 Å². The number of halogens is 1. The molecule has 2 fully saturated rings. The first kappa shape index (κ1) is 15.2. The Labute approximate surface area is 113 Å². The molecule has 18 heavy (non-hydrogen) atoms. The van der Waals surface area contributed by atoms with Gasteiger partial charge in [0.25, 0.3) is 0 Å². The standard InChI is InChI=1S/C11H19N3O3.ClH/c15-10(8-1-2-8)13-3-4-14-11(16)9-7-17-6-5-12-9;/h8-9,12H,1-7H2,(H,13,15)(H,14,16);1H. The fourth-order valence-corrected chi connectivity index (χ4v) is 1.72. The van der Waals surface area contributed by atoms with E-state index in [9.17, 15) is 9.59 Å². The van der Waals surface area contributed by atoms with E-state index in [2.05, 4.69) is 16.0 Å². The number of carbonyl (C=O) groups excluding carboxylic acids is 2. The molecule has 1 heterocycles. The van der Waals surface area contributed by atoms with E-state index in [1.54, 1.807) is 0 Å². The Bertz CT molecular complexity index is 291. The van der Waals surface area contributed by atoms with E-state index < -0.39 is 0 Å². The lowest BCUT2D eigenvalue weighted by Gasteiger charge is -2.22. The van der Waals surface area contributed by atoms with E-state index in [-0.39, 0.29) is 36.2 Å². The summed E-state index contributed by atoms with van der Waals surface area (Å²) in [4.78, 5) is 22.9. The molecule has 1 saturated heterocycles. The number of carbonyl (C=O) groups is 2. The zero-order valence-corrected chi connectivity index (χ0v) is 11.1. The molecule has 2 amide bonds. The van der Waals surface area contributed by atoms with E-state index in [0.717, 1.165) is 12.8 Å². The summed E-state index contributed by atoms with van der Waals surface area (Å²) in [6, 6.07) is -0.261. The zero-order chi connectivity index (χ0) is 12.1. The Morgan fingerprint density at radius 3 is 2.39 bits per heavy atom. The topological polar surface area (TPSA) is 79.5 Å². The van der Waals surface area contributed by atoms with E-state index in [1.807, 2.05) is 0 Å². The number of rotatable bonds is 5. The van der Waals surface area contributed by atoms with Crippen LogP contribution in [0.2, 0.25) is 0 Å². The van der Waals surface area contributed by atoms with Crippen molar-refractivity contribution in [1.82, 2.24) is 16.0 Å². The van der Waals surface area contributed by atoms with Crippen molar-refractivity contribution in [2.45, 2.75) is 18.9 Å². The third-order valence-corrected chi connectivity index (χ3v) is 2.91. The lowest BCUT2D eigenvalue weighted by atomic mass is 10.2. The van der Waals surface area contributed by atoms with Crippen molar-refractivity contribution in [2.24, 2.45) is 5.92 Å². The molecule has 2 aliphatic rings. The normalized spacial score (nSPS) is 22.8. The Morgan fingerprint density at radius 2 is 1.83 bits per heavy atom. The number of hydrogen-bond acceptors (Lipinski definition) is 4. The van der Waals surface area contributed by atoms with Crippen molar-refractivity contribution in [3.8, 4) is 0 Å². The van der Waals surface area contributed by atoms with Crippen LogP contribution in [0, 0.1) is 5.92 Å². The molecule has 3 N–H and O–H groups in total.